The van der Waals surface area contributed by atoms with Crippen LogP contribution < -0.4 is 10.7 Å². The van der Waals surface area contributed by atoms with E-state index in [0.717, 1.165) is 40.6 Å². The van der Waals surface area contributed by atoms with Crippen molar-refractivity contribution in [2.45, 2.75) is 36.4 Å². The second-order valence-corrected chi connectivity index (χ2v) is 7.95. The maximum absolute atomic E-state index is 13.7. The van der Waals surface area contributed by atoms with Crippen LogP contribution in [0.25, 0.3) is 0 Å². The Hall–Kier alpha value is -1.70. The number of fused-ring (bicyclic) bond motifs is 5. The predicted molar refractivity (Wildman–Crippen MR) is 97.3 cm³/mol. The molecule has 0 saturated heterocycles. The van der Waals surface area contributed by atoms with Crippen LogP contribution in [-0.4, -0.2) is 29.7 Å². The molecule has 2 aliphatic carbocycles. The summed E-state index contributed by atoms with van der Waals surface area (Å²) in [6.07, 6.45) is -1.12. The first-order valence-electron chi connectivity index (χ1n) is 8.42. The molecule has 1 aromatic rings. The fourth-order valence-corrected chi connectivity index (χ4v) is 4.90. The van der Waals surface area contributed by atoms with Crippen molar-refractivity contribution in [3.05, 3.63) is 51.7 Å². The Kier molecular flexibility index (Phi) is 4.25. The fourth-order valence-electron chi connectivity index (χ4n) is 4.37. The third-order valence-electron chi connectivity index (χ3n) is 5.53. The number of allylic oxidation sites excluding steroid dienone is 1. The zero-order valence-electron chi connectivity index (χ0n) is 14.2. The van der Waals surface area contributed by atoms with Crippen LogP contribution >= 0.6 is 23.2 Å². The topological polar surface area (TPSA) is 44.4 Å². The molecule has 0 aromatic heterocycles. The number of nitrogens with zero attached hydrogens (tertiary/aromatic N) is 1. The van der Waals surface area contributed by atoms with Gasteiger partial charge in [-0.1, -0.05) is 35.3 Å². The molecule has 1 fully saturated rings. The van der Waals surface area contributed by atoms with Gasteiger partial charge in [0.25, 0.3) is 5.91 Å². The molecule has 1 heterocycles. The van der Waals surface area contributed by atoms with Gasteiger partial charge < -0.3 is 10.3 Å². The highest BCUT2D eigenvalue weighted by atomic mass is 35.5. The van der Waals surface area contributed by atoms with Gasteiger partial charge in [0.2, 0.25) is 5.54 Å². The molecule has 2 N–H and O–H groups in total. The average Bonchev–Trinajstić information content (AvgIpc) is 3.26. The highest BCUT2D eigenvalue weighted by Crippen LogP contribution is 2.60. The third-order valence-corrected chi connectivity index (χ3v) is 5.97. The maximum atomic E-state index is 13.7. The molecule has 144 valence electrons. The van der Waals surface area contributed by atoms with Crippen LogP contribution in [-0.2, 0) is 4.79 Å². The molecule has 1 saturated carbocycles. The molecule has 3 atom stereocenters. The van der Waals surface area contributed by atoms with Crippen LogP contribution in [0, 0.1) is 0 Å². The van der Waals surface area contributed by atoms with E-state index in [2.05, 4.69) is 10.7 Å². The number of halogens is 5. The van der Waals surface area contributed by atoms with Crippen molar-refractivity contribution in [3.63, 3.8) is 0 Å². The molecule has 3 aliphatic rings. The molecule has 0 radical (unpaired) electrons. The highest BCUT2D eigenvalue weighted by Gasteiger charge is 2.61. The lowest BCUT2D eigenvalue weighted by Crippen LogP contribution is -2.63. The molecule has 9 heteroatoms. The summed E-state index contributed by atoms with van der Waals surface area (Å²) < 4.78 is 41.3. The first-order valence-corrected chi connectivity index (χ1v) is 9.17. The van der Waals surface area contributed by atoms with E-state index in [1.54, 1.807) is 12.1 Å². The Morgan fingerprint density at radius 2 is 2.00 bits per heavy atom. The van der Waals surface area contributed by atoms with Gasteiger partial charge >= 0.3 is 6.18 Å². The standard InChI is InChI=1S/C18H16Cl2F3N3O/c1-26-8-7-17(25-26,18(21,22)23)16(27)24-12-4-2-3-9-10-5-6-11(13(9)12)14(10)15(19)20/h2-4,7-8,10-11,25H,5-6H2,1H3,(H,24,27). The monoisotopic (exact) mass is 417 g/mol. The number of hydrazine groups is 1. The number of anilines is 1. The largest absolute Gasteiger partial charge is 0.421 e. The smallest absolute Gasteiger partial charge is 0.324 e. The van der Waals surface area contributed by atoms with Gasteiger partial charge in [0.1, 0.15) is 4.49 Å². The van der Waals surface area contributed by atoms with Crippen molar-refractivity contribution in [3.8, 4) is 0 Å². The maximum Gasteiger partial charge on any atom is 0.421 e. The van der Waals surface area contributed by atoms with Crippen LogP contribution in [0.5, 0.6) is 0 Å². The summed E-state index contributed by atoms with van der Waals surface area (Å²) in [5, 5.41) is 3.60. The van der Waals surface area contributed by atoms with E-state index in [9.17, 15) is 18.0 Å². The van der Waals surface area contributed by atoms with Gasteiger partial charge in [0.15, 0.2) is 0 Å². The quantitative estimate of drug-likeness (QED) is 0.741. The number of amides is 1. The van der Waals surface area contributed by atoms with E-state index in [1.165, 1.54) is 13.2 Å². The molecule has 4 nitrogen and oxygen atoms in total. The Morgan fingerprint density at radius 3 is 2.59 bits per heavy atom. The van der Waals surface area contributed by atoms with Crippen LogP contribution in [0.4, 0.5) is 18.9 Å². The lowest BCUT2D eigenvalue weighted by molar-refractivity contribution is -0.189. The normalized spacial score (nSPS) is 28.7. The summed E-state index contributed by atoms with van der Waals surface area (Å²) in [4.78, 5) is 12.7. The third kappa shape index (κ3) is 2.67. The number of hydrogen-bond donors (Lipinski definition) is 2. The summed E-state index contributed by atoms with van der Waals surface area (Å²) in [7, 11) is 1.40. The van der Waals surface area contributed by atoms with Gasteiger partial charge in [-0.3, -0.25) is 4.79 Å². The van der Waals surface area contributed by atoms with E-state index in [1.807, 2.05) is 6.07 Å². The van der Waals surface area contributed by atoms with Crippen molar-refractivity contribution in [1.82, 2.24) is 10.4 Å². The summed E-state index contributed by atoms with van der Waals surface area (Å²) in [6.45, 7) is 0. The second kappa shape index (κ2) is 6.15. The van der Waals surface area contributed by atoms with E-state index < -0.39 is 17.6 Å². The van der Waals surface area contributed by atoms with Crippen LogP contribution in [0.2, 0.25) is 0 Å². The van der Waals surface area contributed by atoms with Gasteiger partial charge in [0, 0.05) is 30.8 Å². The zero-order valence-corrected chi connectivity index (χ0v) is 15.7. The molecule has 0 spiro atoms. The average molecular weight is 418 g/mol. The zero-order chi connectivity index (χ0) is 19.6. The first-order chi connectivity index (χ1) is 12.7. The highest BCUT2D eigenvalue weighted by molar-refractivity contribution is 6.56. The number of nitrogens with one attached hydrogen (secondary N) is 2. The minimum absolute atomic E-state index is 0.0547. The molecular weight excluding hydrogens is 402 g/mol. The van der Waals surface area contributed by atoms with Gasteiger partial charge in [-0.25, -0.2) is 5.43 Å². The minimum atomic E-state index is -4.81. The lowest BCUT2D eigenvalue weighted by Gasteiger charge is -2.31. The van der Waals surface area contributed by atoms with E-state index in [4.69, 9.17) is 23.2 Å². The number of carbonyl (C=O) groups is 1. The SMILES string of the molecule is CN1C=CC(C(=O)Nc2cccc3c2C2CCC3C2=C(Cl)Cl)(C(F)(F)F)N1. The van der Waals surface area contributed by atoms with Gasteiger partial charge in [-0.05, 0) is 41.7 Å². The summed E-state index contributed by atoms with van der Waals surface area (Å²) in [5.74, 6) is -1.21. The molecule has 3 unspecified atom stereocenters. The lowest BCUT2D eigenvalue weighted by atomic mass is 9.90. The fraction of sp³-hybridized carbons (Fsp3) is 0.389. The molecule has 2 bridgehead atoms. The van der Waals surface area contributed by atoms with E-state index >= 15 is 0 Å². The number of hydrogen-bond acceptors (Lipinski definition) is 3. The molecule has 1 aliphatic heterocycles. The Bertz CT molecular complexity index is 879. The van der Waals surface area contributed by atoms with Crippen molar-refractivity contribution < 1.29 is 18.0 Å². The van der Waals surface area contributed by atoms with Crippen molar-refractivity contribution in [1.29, 1.82) is 0 Å². The summed E-state index contributed by atoms with van der Waals surface area (Å²) >= 11 is 12.1. The predicted octanol–water partition coefficient (Wildman–Crippen LogP) is 4.55. The number of alkyl halides is 3. The second-order valence-electron chi connectivity index (χ2n) is 7.01. The van der Waals surface area contributed by atoms with Crippen molar-refractivity contribution in [2.24, 2.45) is 0 Å². The Morgan fingerprint density at radius 1 is 1.30 bits per heavy atom. The number of benzene rings is 1. The van der Waals surface area contributed by atoms with Crippen LogP contribution in [0.3, 0.4) is 0 Å². The Balaban J connectivity index is 1.71. The van der Waals surface area contributed by atoms with Crippen LogP contribution in [0.15, 0.2) is 40.5 Å². The van der Waals surface area contributed by atoms with Crippen molar-refractivity contribution >= 4 is 34.8 Å². The summed E-state index contributed by atoms with van der Waals surface area (Å²) in [6, 6.07) is 5.25. The van der Waals surface area contributed by atoms with Gasteiger partial charge in [-0.2, -0.15) is 13.2 Å². The molecule has 27 heavy (non-hydrogen) atoms. The molecule has 1 aromatic carbocycles. The van der Waals surface area contributed by atoms with Gasteiger partial charge in [-0.15, -0.1) is 0 Å². The van der Waals surface area contributed by atoms with E-state index in [-0.39, 0.29) is 16.3 Å². The number of rotatable bonds is 2. The molecule has 1 amide bonds. The van der Waals surface area contributed by atoms with Crippen LogP contribution in [0.1, 0.15) is 35.8 Å². The molecular formula is C18H16Cl2F3N3O. The number of carbonyl (C=O) groups excluding carboxylic acids is 1. The van der Waals surface area contributed by atoms with E-state index in [0.29, 0.717) is 5.69 Å². The minimum Gasteiger partial charge on any atom is -0.324 e. The first kappa shape index (κ1) is 18.7. The Labute approximate surface area is 164 Å². The summed E-state index contributed by atoms with van der Waals surface area (Å²) in [5.41, 5.74) is 2.40. The van der Waals surface area contributed by atoms with Crippen molar-refractivity contribution in [2.75, 3.05) is 12.4 Å². The molecule has 4 rings (SSSR count). The van der Waals surface area contributed by atoms with Gasteiger partial charge in [0.05, 0.1) is 0 Å².